The topological polar surface area (TPSA) is 45.5 Å². The molecule has 0 fully saturated rings. The predicted octanol–water partition coefficient (Wildman–Crippen LogP) is 3.53. The maximum atomic E-state index is 13.0. The number of anilines is 1. The number of nitrogens with one attached hydrogen (secondary N) is 1. The van der Waals surface area contributed by atoms with E-state index in [0.717, 1.165) is 11.8 Å². The number of benzene rings is 1. The first kappa shape index (κ1) is 15.5. The molecule has 0 saturated heterocycles. The van der Waals surface area contributed by atoms with Gasteiger partial charge in [0.05, 0.1) is 29.6 Å². The van der Waals surface area contributed by atoms with Gasteiger partial charge in [-0.15, -0.1) is 0 Å². The van der Waals surface area contributed by atoms with Crippen molar-refractivity contribution in [1.82, 2.24) is 4.90 Å². The van der Waals surface area contributed by atoms with Gasteiger partial charge in [-0.3, -0.25) is 9.69 Å². The number of nitrogens with zero attached hydrogens (tertiary/aromatic N) is 1. The van der Waals surface area contributed by atoms with Gasteiger partial charge < -0.3 is 9.73 Å². The van der Waals surface area contributed by atoms with Crippen LogP contribution in [-0.2, 0) is 11.3 Å². The third-order valence-corrected chi connectivity index (χ3v) is 3.53. The second-order valence-electron chi connectivity index (χ2n) is 4.78. The van der Waals surface area contributed by atoms with Crippen molar-refractivity contribution >= 4 is 23.2 Å². The van der Waals surface area contributed by atoms with Crippen LogP contribution in [0.15, 0.2) is 41.0 Å². The molecule has 112 valence electrons. The Bertz CT molecular complexity index is 616. The molecule has 1 heterocycles. The zero-order valence-electron chi connectivity index (χ0n) is 11.8. The van der Waals surface area contributed by atoms with Crippen molar-refractivity contribution in [3.05, 3.63) is 53.2 Å². The largest absolute Gasteiger partial charge is 0.468 e. The molecule has 0 aliphatic heterocycles. The van der Waals surface area contributed by atoms with Gasteiger partial charge in [0.25, 0.3) is 0 Å². The van der Waals surface area contributed by atoms with E-state index in [0.29, 0.717) is 12.2 Å². The van der Waals surface area contributed by atoms with Gasteiger partial charge in [0.2, 0.25) is 5.91 Å². The van der Waals surface area contributed by atoms with Gasteiger partial charge in [-0.2, -0.15) is 0 Å². The minimum atomic E-state index is -0.444. The number of furan rings is 1. The average Bonchev–Trinajstić information content (AvgIpc) is 2.93. The first-order valence-electron chi connectivity index (χ1n) is 6.46. The number of halogens is 2. The molecule has 0 bridgehead atoms. The van der Waals surface area contributed by atoms with Crippen molar-refractivity contribution in [2.24, 2.45) is 0 Å². The molecule has 0 saturated carbocycles. The lowest BCUT2D eigenvalue weighted by atomic mass is 10.2. The van der Waals surface area contributed by atoms with Crippen LogP contribution in [0.5, 0.6) is 0 Å². The number of hydrogen-bond donors (Lipinski definition) is 1. The molecule has 1 atom stereocenters. The fraction of sp³-hybridized carbons (Fsp3) is 0.267. The molecule has 2 rings (SSSR count). The van der Waals surface area contributed by atoms with Crippen LogP contribution in [0.2, 0.25) is 5.02 Å². The smallest absolute Gasteiger partial charge is 0.241 e. The molecule has 21 heavy (non-hydrogen) atoms. The lowest BCUT2D eigenvalue weighted by Crippen LogP contribution is -2.39. The van der Waals surface area contributed by atoms with Crippen LogP contribution in [-0.4, -0.2) is 23.9 Å². The average molecular weight is 311 g/mol. The summed E-state index contributed by atoms with van der Waals surface area (Å²) in [6.07, 6.45) is 1.59. The Morgan fingerprint density at radius 3 is 2.86 bits per heavy atom. The maximum Gasteiger partial charge on any atom is 0.241 e. The summed E-state index contributed by atoms with van der Waals surface area (Å²) in [5, 5.41) is 2.86. The van der Waals surface area contributed by atoms with E-state index >= 15 is 0 Å². The minimum absolute atomic E-state index is 0.171. The SMILES string of the molecule is CC(C(=O)Nc1ccc(F)cc1Cl)N(C)Cc1ccco1. The quantitative estimate of drug-likeness (QED) is 0.919. The molecule has 1 amide bonds. The van der Waals surface area contributed by atoms with Crippen molar-refractivity contribution in [3.8, 4) is 0 Å². The van der Waals surface area contributed by atoms with Crippen LogP contribution in [0.4, 0.5) is 10.1 Å². The lowest BCUT2D eigenvalue weighted by Gasteiger charge is -2.23. The molecule has 0 aliphatic rings. The van der Waals surface area contributed by atoms with Crippen LogP contribution in [0.1, 0.15) is 12.7 Å². The summed E-state index contributed by atoms with van der Waals surface area (Å²) in [4.78, 5) is 14.0. The molecule has 1 aromatic carbocycles. The van der Waals surface area contributed by atoms with Crippen LogP contribution in [0, 0.1) is 5.82 Å². The van der Waals surface area contributed by atoms with Gasteiger partial charge in [0, 0.05) is 0 Å². The zero-order valence-corrected chi connectivity index (χ0v) is 12.5. The summed E-state index contributed by atoms with van der Waals surface area (Å²) in [5.41, 5.74) is 0.390. The number of amides is 1. The number of likely N-dealkylation sites (N-methyl/N-ethyl adjacent to an activating group) is 1. The predicted molar refractivity (Wildman–Crippen MR) is 79.7 cm³/mol. The summed E-state index contributed by atoms with van der Waals surface area (Å²) >= 11 is 5.89. The molecule has 0 radical (unpaired) electrons. The highest BCUT2D eigenvalue weighted by Gasteiger charge is 2.19. The van der Waals surface area contributed by atoms with Crippen LogP contribution in [0.25, 0.3) is 0 Å². The van der Waals surface area contributed by atoms with Crippen molar-refractivity contribution in [2.75, 3.05) is 12.4 Å². The lowest BCUT2D eigenvalue weighted by molar-refractivity contribution is -0.120. The molecule has 1 aromatic heterocycles. The van der Waals surface area contributed by atoms with E-state index in [4.69, 9.17) is 16.0 Å². The van der Waals surface area contributed by atoms with E-state index in [1.807, 2.05) is 18.0 Å². The fourth-order valence-corrected chi connectivity index (χ4v) is 2.03. The van der Waals surface area contributed by atoms with Gasteiger partial charge in [0.1, 0.15) is 11.6 Å². The molecule has 6 heteroatoms. The fourth-order valence-electron chi connectivity index (χ4n) is 1.81. The first-order valence-corrected chi connectivity index (χ1v) is 6.83. The Balaban J connectivity index is 1.98. The van der Waals surface area contributed by atoms with Crippen molar-refractivity contribution in [1.29, 1.82) is 0 Å². The Morgan fingerprint density at radius 2 is 2.24 bits per heavy atom. The number of rotatable bonds is 5. The van der Waals surface area contributed by atoms with E-state index in [9.17, 15) is 9.18 Å². The standard InChI is InChI=1S/C15H16ClFN2O2/c1-10(19(2)9-12-4-3-7-21-12)15(20)18-14-6-5-11(17)8-13(14)16/h3-8,10H,9H2,1-2H3,(H,18,20). The van der Waals surface area contributed by atoms with Crippen molar-refractivity contribution < 1.29 is 13.6 Å². The molecule has 0 aliphatic carbocycles. The molecule has 1 unspecified atom stereocenters. The summed E-state index contributed by atoms with van der Waals surface area (Å²) in [7, 11) is 1.82. The Labute approximate surface area is 127 Å². The van der Waals surface area contributed by atoms with Crippen molar-refractivity contribution in [2.45, 2.75) is 19.5 Å². The van der Waals surface area contributed by atoms with Crippen LogP contribution in [0.3, 0.4) is 0 Å². The minimum Gasteiger partial charge on any atom is -0.468 e. The zero-order chi connectivity index (χ0) is 15.4. The van der Waals surface area contributed by atoms with E-state index in [-0.39, 0.29) is 10.9 Å². The van der Waals surface area contributed by atoms with Crippen LogP contribution < -0.4 is 5.32 Å². The van der Waals surface area contributed by atoms with Crippen molar-refractivity contribution in [3.63, 3.8) is 0 Å². The Hall–Kier alpha value is -1.85. The van der Waals surface area contributed by atoms with Gasteiger partial charge in [-0.25, -0.2) is 4.39 Å². The Morgan fingerprint density at radius 1 is 1.48 bits per heavy atom. The second-order valence-corrected chi connectivity index (χ2v) is 5.19. The molecule has 2 aromatic rings. The molecule has 1 N–H and O–H groups in total. The monoisotopic (exact) mass is 310 g/mol. The third kappa shape index (κ3) is 4.06. The number of hydrogen-bond acceptors (Lipinski definition) is 3. The van der Waals surface area contributed by atoms with E-state index in [1.165, 1.54) is 12.1 Å². The highest BCUT2D eigenvalue weighted by molar-refractivity contribution is 6.33. The first-order chi connectivity index (χ1) is 9.97. The van der Waals surface area contributed by atoms with Gasteiger partial charge in [-0.1, -0.05) is 11.6 Å². The van der Waals surface area contributed by atoms with Gasteiger partial charge in [0.15, 0.2) is 0 Å². The molecule has 4 nitrogen and oxygen atoms in total. The normalized spacial score (nSPS) is 12.4. The van der Waals surface area contributed by atoms with Gasteiger partial charge >= 0.3 is 0 Å². The molecule has 0 spiro atoms. The highest BCUT2D eigenvalue weighted by atomic mass is 35.5. The molecular formula is C15H16ClFN2O2. The summed E-state index contributed by atoms with van der Waals surface area (Å²) in [5.74, 6) is 0.107. The van der Waals surface area contributed by atoms with E-state index in [1.54, 1.807) is 19.3 Å². The highest BCUT2D eigenvalue weighted by Crippen LogP contribution is 2.22. The number of carbonyl (C=O) groups is 1. The summed E-state index contributed by atoms with van der Waals surface area (Å²) < 4.78 is 18.2. The van der Waals surface area contributed by atoms with E-state index < -0.39 is 11.9 Å². The van der Waals surface area contributed by atoms with Gasteiger partial charge in [-0.05, 0) is 44.3 Å². The number of carbonyl (C=O) groups excluding carboxylic acids is 1. The maximum absolute atomic E-state index is 13.0. The Kier molecular flexibility index (Phi) is 4.98. The third-order valence-electron chi connectivity index (χ3n) is 3.21. The summed E-state index contributed by atoms with van der Waals surface area (Å²) in [6, 6.07) is 7.10. The summed E-state index contributed by atoms with van der Waals surface area (Å²) in [6.45, 7) is 2.29. The van der Waals surface area contributed by atoms with Crippen LogP contribution >= 0.6 is 11.6 Å². The van der Waals surface area contributed by atoms with E-state index in [2.05, 4.69) is 5.32 Å². The second kappa shape index (κ2) is 6.74. The molecular weight excluding hydrogens is 295 g/mol.